The van der Waals surface area contributed by atoms with Crippen molar-refractivity contribution in [1.29, 1.82) is 0 Å². The Bertz CT molecular complexity index is 1440. The van der Waals surface area contributed by atoms with Crippen molar-refractivity contribution < 1.29 is 22.8 Å². The van der Waals surface area contributed by atoms with Gasteiger partial charge in [-0.1, -0.05) is 54.6 Å². The van der Waals surface area contributed by atoms with Crippen molar-refractivity contribution in [3.63, 3.8) is 0 Å². The molecule has 3 aromatic rings. The van der Waals surface area contributed by atoms with Gasteiger partial charge in [-0.3, -0.25) is 9.69 Å². The summed E-state index contributed by atoms with van der Waals surface area (Å²) in [6.45, 7) is 5.72. The minimum atomic E-state index is -4.39. The smallest absolute Gasteiger partial charge is 0.370 e. The molecule has 0 aromatic heterocycles. The van der Waals surface area contributed by atoms with Crippen molar-refractivity contribution in [3.8, 4) is 11.1 Å². The van der Waals surface area contributed by atoms with Crippen molar-refractivity contribution in [2.75, 3.05) is 39.8 Å². The summed E-state index contributed by atoms with van der Waals surface area (Å²) in [6.07, 6.45) is -3.27. The molecule has 2 aliphatic rings. The zero-order valence-electron chi connectivity index (χ0n) is 24.4. The number of piperazine rings is 1. The molecule has 10 heteroatoms. The number of benzene rings is 3. The van der Waals surface area contributed by atoms with Gasteiger partial charge in [0.15, 0.2) is 0 Å². The van der Waals surface area contributed by atoms with E-state index in [0.717, 1.165) is 72.7 Å². The highest BCUT2D eigenvalue weighted by Crippen LogP contribution is 2.34. The van der Waals surface area contributed by atoms with Gasteiger partial charge in [-0.05, 0) is 65.4 Å². The highest BCUT2D eigenvalue weighted by Gasteiger charge is 2.30. The number of urea groups is 1. The number of nitrogens with two attached hydrogens (primary N) is 1. The number of fused-ring (bicyclic) bond motifs is 1. The van der Waals surface area contributed by atoms with Gasteiger partial charge >= 0.3 is 12.2 Å². The Morgan fingerprint density at radius 1 is 0.953 bits per heavy atom. The van der Waals surface area contributed by atoms with Crippen molar-refractivity contribution in [2.45, 2.75) is 44.6 Å². The molecule has 1 saturated heterocycles. The molecular formula is C33H38F3N5O2. The molecule has 7 nitrogen and oxygen atoms in total. The summed E-state index contributed by atoms with van der Waals surface area (Å²) in [5, 5.41) is 3.14. The van der Waals surface area contributed by atoms with Gasteiger partial charge in [-0.15, -0.1) is 0 Å². The normalized spacial score (nSPS) is 16.9. The van der Waals surface area contributed by atoms with Crippen LogP contribution in [0.25, 0.3) is 11.1 Å². The predicted octanol–water partition coefficient (Wildman–Crippen LogP) is 5.19. The van der Waals surface area contributed by atoms with Crippen molar-refractivity contribution >= 4 is 11.9 Å². The maximum Gasteiger partial charge on any atom is 0.416 e. The SMILES string of the molecule is CN1CCN(Cc2cccc([C@H](CCC(N)=O)NC(=O)N3CCc4c(cccc4-c4ccc(C(F)(F)F)cc4)C3)c2)CC1. The number of nitrogens with one attached hydrogen (secondary N) is 1. The number of carbonyl (C=O) groups excluding carboxylic acids is 2. The van der Waals surface area contributed by atoms with Crippen LogP contribution in [-0.2, 0) is 30.5 Å². The summed E-state index contributed by atoms with van der Waals surface area (Å²) in [5.74, 6) is -0.421. The molecule has 43 heavy (non-hydrogen) atoms. The molecule has 3 N–H and O–H groups in total. The van der Waals surface area contributed by atoms with E-state index in [1.165, 1.54) is 12.1 Å². The number of carbonyl (C=O) groups is 2. The van der Waals surface area contributed by atoms with E-state index < -0.39 is 17.6 Å². The molecule has 228 valence electrons. The fraction of sp³-hybridized carbons (Fsp3) is 0.394. The Balaban J connectivity index is 1.29. The van der Waals surface area contributed by atoms with Crippen LogP contribution in [0.4, 0.5) is 18.0 Å². The average Bonchev–Trinajstić information content (AvgIpc) is 2.99. The van der Waals surface area contributed by atoms with Crippen LogP contribution in [0.1, 0.15) is 46.7 Å². The van der Waals surface area contributed by atoms with E-state index in [2.05, 4.69) is 34.3 Å². The van der Waals surface area contributed by atoms with E-state index >= 15 is 0 Å². The minimum absolute atomic E-state index is 0.146. The molecule has 3 aromatic carbocycles. The third kappa shape index (κ3) is 7.74. The van der Waals surface area contributed by atoms with Gasteiger partial charge in [0.2, 0.25) is 5.91 Å². The molecular weight excluding hydrogens is 555 g/mol. The first-order valence-electron chi connectivity index (χ1n) is 14.7. The Morgan fingerprint density at radius 3 is 2.37 bits per heavy atom. The number of halogens is 3. The molecule has 0 bridgehead atoms. The van der Waals surface area contributed by atoms with Gasteiger partial charge in [-0.25, -0.2) is 4.79 Å². The highest BCUT2D eigenvalue weighted by atomic mass is 19.4. The molecule has 2 heterocycles. The first-order chi connectivity index (χ1) is 20.6. The number of amides is 3. The Hall–Kier alpha value is -3.89. The van der Waals surface area contributed by atoms with E-state index in [4.69, 9.17) is 5.73 Å². The van der Waals surface area contributed by atoms with Crippen LogP contribution in [0.2, 0.25) is 0 Å². The largest absolute Gasteiger partial charge is 0.416 e. The van der Waals surface area contributed by atoms with Crippen LogP contribution in [-0.4, -0.2) is 66.4 Å². The lowest BCUT2D eigenvalue weighted by Crippen LogP contribution is -2.44. The number of primary amides is 1. The zero-order chi connectivity index (χ0) is 30.6. The van der Waals surface area contributed by atoms with Crippen LogP contribution in [0.5, 0.6) is 0 Å². The zero-order valence-corrected chi connectivity index (χ0v) is 24.4. The lowest BCUT2D eigenvalue weighted by Gasteiger charge is -2.33. The first kappa shape index (κ1) is 30.6. The number of alkyl halides is 3. The van der Waals surface area contributed by atoms with Crippen molar-refractivity contribution in [1.82, 2.24) is 20.0 Å². The summed E-state index contributed by atoms with van der Waals surface area (Å²) >= 11 is 0. The van der Waals surface area contributed by atoms with E-state index in [9.17, 15) is 22.8 Å². The molecule has 0 radical (unpaired) electrons. The Morgan fingerprint density at radius 2 is 1.67 bits per heavy atom. The van der Waals surface area contributed by atoms with Crippen LogP contribution in [0.15, 0.2) is 66.7 Å². The summed E-state index contributed by atoms with van der Waals surface area (Å²) < 4.78 is 39.2. The number of likely N-dealkylation sites (N-methyl/N-ethyl adjacent to an activating group) is 1. The van der Waals surface area contributed by atoms with E-state index in [0.29, 0.717) is 31.5 Å². The molecule has 5 rings (SSSR count). The molecule has 0 spiro atoms. The standard InChI is InChI=1S/C33H38F3N5O2/c1-39-16-18-40(19-17-39)21-23-4-2-5-25(20-23)30(12-13-31(37)42)38-32(43)41-15-14-29-26(22-41)6-3-7-28(29)24-8-10-27(11-9-24)33(34,35)36/h2-11,20,30H,12-19,21-22H2,1H3,(H2,37,42)(H,38,43)/t30-/m0/s1. The van der Waals surface area contributed by atoms with Crippen LogP contribution in [0.3, 0.4) is 0 Å². The van der Waals surface area contributed by atoms with Gasteiger partial charge in [0.1, 0.15) is 0 Å². The number of rotatable bonds is 8. The molecule has 0 saturated carbocycles. The Kier molecular flexibility index (Phi) is 9.37. The maximum absolute atomic E-state index is 13.5. The van der Waals surface area contributed by atoms with Crippen molar-refractivity contribution in [2.24, 2.45) is 5.73 Å². The average molecular weight is 594 g/mol. The number of hydrogen-bond donors (Lipinski definition) is 2. The molecule has 3 amide bonds. The third-order valence-corrected chi connectivity index (χ3v) is 8.41. The van der Waals surface area contributed by atoms with Gasteiger partial charge in [0.25, 0.3) is 0 Å². The topological polar surface area (TPSA) is 81.9 Å². The second kappa shape index (κ2) is 13.2. The van der Waals surface area contributed by atoms with E-state index in [1.54, 1.807) is 4.90 Å². The second-order valence-corrected chi connectivity index (χ2v) is 11.5. The molecule has 0 unspecified atom stereocenters. The van der Waals surface area contributed by atoms with Gasteiger partial charge < -0.3 is 20.9 Å². The number of hydrogen-bond acceptors (Lipinski definition) is 4. The summed E-state index contributed by atoms with van der Waals surface area (Å²) in [7, 11) is 2.13. The summed E-state index contributed by atoms with van der Waals surface area (Å²) in [5.41, 5.74) is 10.5. The van der Waals surface area contributed by atoms with Gasteiger partial charge in [-0.2, -0.15) is 13.2 Å². The molecule has 1 atom stereocenters. The summed E-state index contributed by atoms with van der Waals surface area (Å²) in [4.78, 5) is 31.7. The predicted molar refractivity (Wildman–Crippen MR) is 160 cm³/mol. The highest BCUT2D eigenvalue weighted by molar-refractivity contribution is 5.77. The molecule has 2 aliphatic heterocycles. The first-order valence-corrected chi connectivity index (χ1v) is 14.7. The molecule has 0 aliphatic carbocycles. The quantitative estimate of drug-likeness (QED) is 0.377. The van der Waals surface area contributed by atoms with Gasteiger partial charge in [0.05, 0.1) is 11.6 Å². The fourth-order valence-corrected chi connectivity index (χ4v) is 5.91. The maximum atomic E-state index is 13.5. The van der Waals surface area contributed by atoms with Gasteiger partial charge in [0, 0.05) is 52.2 Å². The van der Waals surface area contributed by atoms with E-state index in [1.807, 2.05) is 30.3 Å². The van der Waals surface area contributed by atoms with Crippen LogP contribution in [0, 0.1) is 0 Å². The minimum Gasteiger partial charge on any atom is -0.370 e. The lowest BCUT2D eigenvalue weighted by molar-refractivity contribution is -0.137. The Labute approximate surface area is 250 Å². The molecule has 1 fully saturated rings. The monoisotopic (exact) mass is 593 g/mol. The summed E-state index contributed by atoms with van der Waals surface area (Å²) in [6, 6.07) is 18.5. The van der Waals surface area contributed by atoms with Crippen LogP contribution < -0.4 is 11.1 Å². The fourth-order valence-electron chi connectivity index (χ4n) is 5.91. The number of nitrogens with zero attached hydrogens (tertiary/aromatic N) is 3. The van der Waals surface area contributed by atoms with Crippen molar-refractivity contribution in [3.05, 3.63) is 94.5 Å². The second-order valence-electron chi connectivity index (χ2n) is 11.5. The van der Waals surface area contributed by atoms with Crippen LogP contribution >= 0.6 is 0 Å². The van der Waals surface area contributed by atoms with E-state index in [-0.39, 0.29) is 18.5 Å². The lowest BCUT2D eigenvalue weighted by atomic mass is 9.90. The third-order valence-electron chi connectivity index (χ3n) is 8.41.